The lowest BCUT2D eigenvalue weighted by Crippen LogP contribution is -2.12. The van der Waals surface area contributed by atoms with Crippen molar-refractivity contribution in [2.24, 2.45) is 0 Å². The molecule has 2 heterocycles. The zero-order chi connectivity index (χ0) is 20.1. The van der Waals surface area contributed by atoms with Crippen molar-refractivity contribution in [3.8, 4) is 10.6 Å². The molecule has 0 unspecified atom stereocenters. The summed E-state index contributed by atoms with van der Waals surface area (Å²) in [6.45, 7) is 3.90. The minimum atomic E-state index is -0.312. The highest BCUT2D eigenvalue weighted by atomic mass is 35.5. The van der Waals surface area contributed by atoms with Crippen molar-refractivity contribution >= 4 is 56.4 Å². The summed E-state index contributed by atoms with van der Waals surface area (Å²) < 4.78 is 0. The van der Waals surface area contributed by atoms with Gasteiger partial charge in [-0.15, -0.1) is 11.3 Å². The van der Waals surface area contributed by atoms with Crippen molar-refractivity contribution in [3.63, 3.8) is 0 Å². The molecule has 2 aromatic heterocycles. The van der Waals surface area contributed by atoms with Gasteiger partial charge in [-0.3, -0.25) is 14.9 Å². The largest absolute Gasteiger partial charge is 0.302 e. The van der Waals surface area contributed by atoms with Crippen LogP contribution < -0.4 is 10.6 Å². The van der Waals surface area contributed by atoms with Gasteiger partial charge in [-0.1, -0.05) is 48.4 Å². The standard InChI is InChI=1S/C19H19ClN4O2S2/c1-3-4-9-15(25)23-18-22-14(10-27-18)16-11(2)21-19(28-16)24-17(26)12-7-5-6-8-13(12)20/h5-8,10H,3-4,9H2,1-2H3,(H,21,24,26)(H,22,23,25). The molecule has 0 aliphatic heterocycles. The number of benzene rings is 1. The van der Waals surface area contributed by atoms with Crippen LogP contribution in [0.2, 0.25) is 5.02 Å². The van der Waals surface area contributed by atoms with E-state index in [1.54, 1.807) is 24.3 Å². The predicted molar refractivity (Wildman–Crippen MR) is 116 cm³/mol. The van der Waals surface area contributed by atoms with E-state index in [4.69, 9.17) is 11.6 Å². The zero-order valence-corrected chi connectivity index (χ0v) is 17.8. The number of unbranched alkanes of at least 4 members (excludes halogenated alkanes) is 1. The number of amides is 2. The average molecular weight is 435 g/mol. The molecule has 0 radical (unpaired) electrons. The summed E-state index contributed by atoms with van der Waals surface area (Å²) in [4.78, 5) is 34.0. The van der Waals surface area contributed by atoms with Crippen molar-refractivity contribution in [2.45, 2.75) is 33.1 Å². The topological polar surface area (TPSA) is 84.0 Å². The molecule has 2 amide bonds. The van der Waals surface area contributed by atoms with Crippen LogP contribution in [0.4, 0.5) is 10.3 Å². The minimum Gasteiger partial charge on any atom is -0.302 e. The van der Waals surface area contributed by atoms with E-state index in [1.165, 1.54) is 22.7 Å². The first kappa shape index (κ1) is 20.4. The Morgan fingerprint density at radius 2 is 1.93 bits per heavy atom. The number of thiazole rings is 2. The van der Waals surface area contributed by atoms with Crippen molar-refractivity contribution in [1.82, 2.24) is 9.97 Å². The van der Waals surface area contributed by atoms with Gasteiger partial charge in [0.15, 0.2) is 10.3 Å². The second-order valence-corrected chi connectivity index (χ2v) is 8.32. The number of nitrogens with zero attached hydrogens (tertiary/aromatic N) is 2. The Morgan fingerprint density at radius 3 is 2.68 bits per heavy atom. The Morgan fingerprint density at radius 1 is 1.14 bits per heavy atom. The fourth-order valence-corrected chi connectivity index (χ4v) is 4.39. The van der Waals surface area contributed by atoms with Crippen LogP contribution in [0.15, 0.2) is 29.6 Å². The molecule has 6 nitrogen and oxygen atoms in total. The van der Waals surface area contributed by atoms with E-state index in [-0.39, 0.29) is 11.8 Å². The highest BCUT2D eigenvalue weighted by molar-refractivity contribution is 7.20. The fraction of sp³-hybridized carbons (Fsp3) is 0.263. The SMILES string of the molecule is CCCCC(=O)Nc1nc(-c2sc(NC(=O)c3ccccc3Cl)nc2C)cs1. The van der Waals surface area contributed by atoms with Gasteiger partial charge in [0.1, 0.15) is 0 Å². The molecule has 3 rings (SSSR count). The van der Waals surface area contributed by atoms with E-state index in [1.807, 2.05) is 19.2 Å². The van der Waals surface area contributed by atoms with Crippen molar-refractivity contribution in [2.75, 3.05) is 10.6 Å². The lowest BCUT2D eigenvalue weighted by Gasteiger charge is -2.03. The van der Waals surface area contributed by atoms with Gasteiger partial charge in [0.05, 0.1) is 26.9 Å². The molecule has 0 atom stereocenters. The highest BCUT2D eigenvalue weighted by Crippen LogP contribution is 2.34. The molecular weight excluding hydrogens is 416 g/mol. The van der Waals surface area contributed by atoms with Crippen LogP contribution in [0.25, 0.3) is 10.6 Å². The summed E-state index contributed by atoms with van der Waals surface area (Å²) in [6.07, 6.45) is 2.31. The van der Waals surface area contributed by atoms with Gasteiger partial charge in [-0.25, -0.2) is 9.97 Å². The predicted octanol–water partition coefficient (Wildman–Crippen LogP) is 5.61. The Hall–Kier alpha value is -2.29. The molecule has 2 N–H and O–H groups in total. The number of carbonyl (C=O) groups is 2. The second-order valence-electron chi connectivity index (χ2n) is 6.06. The smallest absolute Gasteiger partial charge is 0.258 e. The number of aromatic nitrogens is 2. The zero-order valence-electron chi connectivity index (χ0n) is 15.4. The molecule has 0 saturated carbocycles. The molecule has 146 valence electrons. The fourth-order valence-electron chi connectivity index (χ4n) is 2.45. The van der Waals surface area contributed by atoms with Gasteiger partial charge < -0.3 is 5.32 Å². The van der Waals surface area contributed by atoms with Crippen LogP contribution in [-0.4, -0.2) is 21.8 Å². The van der Waals surface area contributed by atoms with Gasteiger partial charge in [-0.05, 0) is 25.5 Å². The van der Waals surface area contributed by atoms with Crippen LogP contribution in [0, 0.1) is 6.92 Å². The molecule has 0 bridgehead atoms. The van der Waals surface area contributed by atoms with E-state index < -0.39 is 0 Å². The van der Waals surface area contributed by atoms with Crippen molar-refractivity contribution < 1.29 is 9.59 Å². The number of aryl methyl sites for hydroxylation is 1. The molecule has 0 fully saturated rings. The van der Waals surface area contributed by atoms with Crippen LogP contribution in [-0.2, 0) is 4.79 Å². The number of carbonyl (C=O) groups excluding carboxylic acids is 2. The Kier molecular flexibility index (Phi) is 6.77. The molecule has 28 heavy (non-hydrogen) atoms. The lowest BCUT2D eigenvalue weighted by molar-refractivity contribution is -0.116. The number of rotatable bonds is 7. The molecule has 0 spiro atoms. The maximum atomic E-state index is 12.4. The maximum Gasteiger partial charge on any atom is 0.258 e. The molecular formula is C19H19ClN4O2S2. The van der Waals surface area contributed by atoms with Gasteiger partial charge >= 0.3 is 0 Å². The van der Waals surface area contributed by atoms with Crippen LogP contribution in [0.1, 0.15) is 42.2 Å². The summed E-state index contributed by atoms with van der Waals surface area (Å²) in [7, 11) is 0. The maximum absolute atomic E-state index is 12.4. The average Bonchev–Trinajstić information content (AvgIpc) is 3.26. The minimum absolute atomic E-state index is 0.0310. The van der Waals surface area contributed by atoms with Crippen LogP contribution in [0.5, 0.6) is 0 Å². The van der Waals surface area contributed by atoms with Crippen molar-refractivity contribution in [3.05, 3.63) is 45.9 Å². The molecule has 9 heteroatoms. The number of hydrogen-bond donors (Lipinski definition) is 2. The lowest BCUT2D eigenvalue weighted by atomic mass is 10.2. The molecule has 0 aliphatic carbocycles. The monoisotopic (exact) mass is 434 g/mol. The Balaban J connectivity index is 1.71. The highest BCUT2D eigenvalue weighted by Gasteiger charge is 2.17. The van der Waals surface area contributed by atoms with Gasteiger partial charge in [0.25, 0.3) is 5.91 Å². The molecule has 1 aromatic carbocycles. The number of hydrogen-bond acceptors (Lipinski definition) is 6. The summed E-state index contributed by atoms with van der Waals surface area (Å²) in [5, 5.41) is 8.89. The summed E-state index contributed by atoms with van der Waals surface area (Å²) >= 11 is 8.77. The third-order valence-electron chi connectivity index (χ3n) is 3.88. The normalized spacial score (nSPS) is 10.7. The first-order valence-electron chi connectivity index (χ1n) is 8.77. The summed E-state index contributed by atoms with van der Waals surface area (Å²) in [5.74, 6) is -0.343. The van der Waals surface area contributed by atoms with E-state index in [0.717, 1.165) is 29.1 Å². The summed E-state index contributed by atoms with van der Waals surface area (Å²) in [6, 6.07) is 6.85. The van der Waals surface area contributed by atoms with Gasteiger partial charge in [0.2, 0.25) is 5.91 Å². The summed E-state index contributed by atoms with van der Waals surface area (Å²) in [5.41, 5.74) is 1.88. The first-order valence-corrected chi connectivity index (χ1v) is 10.8. The van der Waals surface area contributed by atoms with Crippen LogP contribution >= 0.6 is 34.3 Å². The van der Waals surface area contributed by atoms with E-state index in [2.05, 4.69) is 20.6 Å². The quantitative estimate of drug-likeness (QED) is 0.506. The van der Waals surface area contributed by atoms with Crippen molar-refractivity contribution in [1.29, 1.82) is 0 Å². The van der Waals surface area contributed by atoms with E-state index in [0.29, 0.717) is 27.3 Å². The Labute approximate surface area is 176 Å². The number of anilines is 2. The van der Waals surface area contributed by atoms with Gasteiger partial charge in [0, 0.05) is 11.8 Å². The second kappa shape index (κ2) is 9.27. The molecule has 3 aromatic rings. The molecule has 0 aliphatic rings. The number of halogens is 1. The van der Waals surface area contributed by atoms with Crippen LogP contribution in [0.3, 0.4) is 0 Å². The molecule has 0 saturated heterocycles. The van der Waals surface area contributed by atoms with Gasteiger partial charge in [-0.2, -0.15) is 0 Å². The third-order valence-corrected chi connectivity index (χ3v) is 6.06. The first-order chi connectivity index (χ1) is 13.5. The number of nitrogens with one attached hydrogen (secondary N) is 2. The Bertz CT molecular complexity index is 999. The van der Waals surface area contributed by atoms with E-state index >= 15 is 0 Å². The third kappa shape index (κ3) is 4.95. The van der Waals surface area contributed by atoms with E-state index in [9.17, 15) is 9.59 Å².